The van der Waals surface area contributed by atoms with Crippen LogP contribution in [0.25, 0.3) is 0 Å². The van der Waals surface area contributed by atoms with E-state index in [0.717, 1.165) is 31.5 Å². The van der Waals surface area contributed by atoms with Crippen LogP contribution in [0.3, 0.4) is 0 Å². The summed E-state index contributed by atoms with van der Waals surface area (Å²) in [5.74, 6) is -1.88. The van der Waals surface area contributed by atoms with Gasteiger partial charge in [0.2, 0.25) is 5.91 Å². The van der Waals surface area contributed by atoms with E-state index in [1.807, 2.05) is 20.5 Å². The van der Waals surface area contributed by atoms with Crippen molar-refractivity contribution in [3.63, 3.8) is 0 Å². The fraction of sp³-hybridized carbons (Fsp3) is 0.765. The summed E-state index contributed by atoms with van der Waals surface area (Å²) in [6.45, 7) is 2.05. The zero-order valence-electron chi connectivity index (χ0n) is 13.8. The molecule has 1 amide bonds. The lowest BCUT2D eigenvalue weighted by Gasteiger charge is -2.33. The van der Waals surface area contributed by atoms with Gasteiger partial charge in [-0.1, -0.05) is 0 Å². The molecule has 0 bridgehead atoms. The summed E-state index contributed by atoms with van der Waals surface area (Å²) in [5.41, 5.74) is 1.04. The quantitative estimate of drug-likeness (QED) is 0.844. The molecule has 1 saturated carbocycles. The zero-order valence-corrected chi connectivity index (χ0v) is 13.8. The summed E-state index contributed by atoms with van der Waals surface area (Å²) in [7, 11) is 0. The van der Waals surface area contributed by atoms with E-state index >= 15 is 0 Å². The minimum absolute atomic E-state index is 0.00755. The number of fused-ring (bicyclic) bond motifs is 1. The smallest absolute Gasteiger partial charge is 0.261 e. The number of hydrogen-bond donors (Lipinski definition) is 0. The number of amides is 1. The van der Waals surface area contributed by atoms with Gasteiger partial charge in [-0.15, -0.1) is 0 Å². The number of likely N-dealkylation sites (tertiary alicyclic amines) is 1. The van der Waals surface area contributed by atoms with Gasteiger partial charge < -0.3 is 4.90 Å². The van der Waals surface area contributed by atoms with Crippen molar-refractivity contribution in [2.24, 2.45) is 5.92 Å². The Morgan fingerprint density at radius 1 is 1.29 bits per heavy atom. The molecule has 1 aliphatic carbocycles. The second-order valence-electron chi connectivity index (χ2n) is 7.50. The molecule has 24 heavy (non-hydrogen) atoms. The van der Waals surface area contributed by atoms with Gasteiger partial charge in [-0.3, -0.25) is 14.4 Å². The third-order valence-electron chi connectivity index (χ3n) is 5.45. The summed E-state index contributed by atoms with van der Waals surface area (Å²) >= 11 is 0. The van der Waals surface area contributed by atoms with Crippen LogP contribution in [0.2, 0.25) is 0 Å². The molecule has 1 aromatic heterocycles. The second-order valence-corrected chi connectivity index (χ2v) is 7.50. The van der Waals surface area contributed by atoms with E-state index in [4.69, 9.17) is 0 Å². The number of carbonyl (C=O) groups excluding carboxylic acids is 1. The lowest BCUT2D eigenvalue weighted by atomic mass is 10.1. The molecule has 0 unspecified atom stereocenters. The molecule has 2 fully saturated rings. The third kappa shape index (κ3) is 3.45. The first kappa shape index (κ1) is 16.0. The molecular weight excluding hydrogens is 314 g/mol. The molecule has 3 heterocycles. The van der Waals surface area contributed by atoms with Crippen molar-refractivity contribution in [2.75, 3.05) is 19.6 Å². The maximum absolute atomic E-state index is 13.5. The average Bonchev–Trinajstić information content (AvgIpc) is 3.16. The minimum atomic E-state index is -2.58. The van der Waals surface area contributed by atoms with Gasteiger partial charge in [0.05, 0.1) is 18.8 Å². The van der Waals surface area contributed by atoms with Crippen molar-refractivity contribution < 1.29 is 13.6 Å². The Morgan fingerprint density at radius 3 is 2.83 bits per heavy atom. The fourth-order valence-corrected chi connectivity index (χ4v) is 3.86. The summed E-state index contributed by atoms with van der Waals surface area (Å²) in [5, 5.41) is 4.32. The number of alkyl halides is 2. The van der Waals surface area contributed by atoms with E-state index in [1.54, 1.807) is 6.20 Å². The molecule has 1 atom stereocenters. The van der Waals surface area contributed by atoms with E-state index < -0.39 is 5.92 Å². The molecule has 0 spiro atoms. The largest absolute Gasteiger partial charge is 0.332 e. The molecule has 132 valence electrons. The summed E-state index contributed by atoms with van der Waals surface area (Å²) < 4.78 is 28.9. The molecule has 1 saturated heterocycles. The SMILES string of the molecule is O=C(CC1CC1)N1Cc2ccnn2CC[C@H]1CN1CCC(F)(F)C1. The monoisotopic (exact) mass is 338 g/mol. The first-order valence-electron chi connectivity index (χ1n) is 8.90. The van der Waals surface area contributed by atoms with Crippen molar-refractivity contribution in [3.8, 4) is 0 Å². The minimum Gasteiger partial charge on any atom is -0.332 e. The van der Waals surface area contributed by atoms with Crippen LogP contribution in [-0.4, -0.2) is 57.1 Å². The summed E-state index contributed by atoms with van der Waals surface area (Å²) in [6, 6.07) is 1.94. The number of rotatable bonds is 4. The lowest BCUT2D eigenvalue weighted by molar-refractivity contribution is -0.135. The zero-order chi connectivity index (χ0) is 16.7. The third-order valence-corrected chi connectivity index (χ3v) is 5.45. The van der Waals surface area contributed by atoms with Gasteiger partial charge in [-0.25, -0.2) is 8.78 Å². The van der Waals surface area contributed by atoms with Crippen molar-refractivity contribution >= 4 is 5.91 Å². The van der Waals surface area contributed by atoms with E-state index in [1.165, 1.54) is 0 Å². The summed E-state index contributed by atoms with van der Waals surface area (Å²) in [4.78, 5) is 16.5. The molecule has 3 aliphatic rings. The van der Waals surface area contributed by atoms with Gasteiger partial charge in [-0.2, -0.15) is 5.10 Å². The molecule has 2 aliphatic heterocycles. The fourth-order valence-electron chi connectivity index (χ4n) is 3.86. The summed E-state index contributed by atoms with van der Waals surface area (Å²) in [6.07, 6.45) is 5.34. The van der Waals surface area contributed by atoms with Crippen LogP contribution < -0.4 is 0 Å². The maximum atomic E-state index is 13.5. The molecule has 4 rings (SSSR count). The Kier molecular flexibility index (Phi) is 4.06. The molecule has 5 nitrogen and oxygen atoms in total. The van der Waals surface area contributed by atoms with E-state index in [9.17, 15) is 13.6 Å². The van der Waals surface area contributed by atoms with Crippen LogP contribution in [0.15, 0.2) is 12.3 Å². The van der Waals surface area contributed by atoms with Crippen molar-refractivity contribution in [3.05, 3.63) is 18.0 Å². The molecule has 0 radical (unpaired) electrons. The number of aromatic nitrogens is 2. The predicted molar refractivity (Wildman–Crippen MR) is 84.5 cm³/mol. The van der Waals surface area contributed by atoms with Gasteiger partial charge in [0.1, 0.15) is 0 Å². The highest BCUT2D eigenvalue weighted by molar-refractivity contribution is 5.77. The molecule has 1 aromatic rings. The van der Waals surface area contributed by atoms with E-state index in [-0.39, 0.29) is 24.9 Å². The number of nitrogens with zero attached hydrogens (tertiary/aromatic N) is 4. The van der Waals surface area contributed by atoms with E-state index in [2.05, 4.69) is 5.10 Å². The van der Waals surface area contributed by atoms with Gasteiger partial charge in [0.25, 0.3) is 5.92 Å². The normalized spacial score (nSPS) is 27.1. The van der Waals surface area contributed by atoms with Crippen molar-refractivity contribution in [1.29, 1.82) is 0 Å². The number of hydrogen-bond acceptors (Lipinski definition) is 3. The van der Waals surface area contributed by atoms with Crippen LogP contribution in [0.4, 0.5) is 8.78 Å². The van der Waals surface area contributed by atoms with Crippen LogP contribution in [0.5, 0.6) is 0 Å². The van der Waals surface area contributed by atoms with Crippen LogP contribution in [0.1, 0.15) is 37.8 Å². The van der Waals surface area contributed by atoms with E-state index in [0.29, 0.717) is 32.0 Å². The standard InChI is InChI=1S/C17H24F2N4O/c18-17(19)5-8-21(12-17)10-14-4-7-23-15(3-6-20-23)11-22(14)16(24)9-13-1-2-13/h3,6,13-14H,1-2,4-5,7-12H2/t14-/m0/s1. The highest BCUT2D eigenvalue weighted by Gasteiger charge is 2.40. The first-order valence-corrected chi connectivity index (χ1v) is 8.90. The van der Waals surface area contributed by atoms with Crippen molar-refractivity contribution in [1.82, 2.24) is 19.6 Å². The Hall–Kier alpha value is -1.50. The molecular formula is C17H24F2N4O. The average molecular weight is 338 g/mol. The number of halogens is 2. The van der Waals surface area contributed by atoms with Crippen LogP contribution >= 0.6 is 0 Å². The number of carbonyl (C=O) groups is 1. The topological polar surface area (TPSA) is 41.4 Å². The molecule has 7 heteroatoms. The maximum Gasteiger partial charge on any atom is 0.261 e. The Labute approximate surface area is 140 Å². The van der Waals surface area contributed by atoms with Gasteiger partial charge in [0, 0.05) is 44.7 Å². The van der Waals surface area contributed by atoms with Gasteiger partial charge in [0.15, 0.2) is 0 Å². The van der Waals surface area contributed by atoms with Gasteiger partial charge >= 0.3 is 0 Å². The highest BCUT2D eigenvalue weighted by Crippen LogP contribution is 2.34. The predicted octanol–water partition coefficient (Wildman–Crippen LogP) is 2.13. The number of aryl methyl sites for hydroxylation is 1. The first-order chi connectivity index (χ1) is 11.5. The van der Waals surface area contributed by atoms with Crippen LogP contribution in [0, 0.1) is 5.92 Å². The lowest BCUT2D eigenvalue weighted by Crippen LogP contribution is -2.46. The molecule has 0 aromatic carbocycles. The Morgan fingerprint density at radius 2 is 2.12 bits per heavy atom. The Balaban J connectivity index is 1.49. The van der Waals surface area contributed by atoms with Gasteiger partial charge in [-0.05, 0) is 31.2 Å². The Bertz CT molecular complexity index is 613. The highest BCUT2D eigenvalue weighted by atomic mass is 19.3. The van der Waals surface area contributed by atoms with Crippen LogP contribution in [-0.2, 0) is 17.9 Å². The second kappa shape index (κ2) is 6.10. The van der Waals surface area contributed by atoms with Crippen molar-refractivity contribution in [2.45, 2.75) is 57.2 Å². The molecule has 0 N–H and O–H groups in total.